The monoisotopic (exact) mass is 250 g/mol. The fourth-order valence-electron chi connectivity index (χ4n) is 2.38. The van der Waals surface area contributed by atoms with Crippen molar-refractivity contribution >= 4 is 5.97 Å². The second-order valence-electron chi connectivity index (χ2n) is 4.93. The van der Waals surface area contributed by atoms with Crippen molar-refractivity contribution in [3.8, 4) is 11.5 Å². The minimum Gasteiger partial charge on any atom is -0.493 e. The largest absolute Gasteiger partial charge is 0.493 e. The van der Waals surface area contributed by atoms with Gasteiger partial charge in [0, 0.05) is 0 Å². The summed E-state index contributed by atoms with van der Waals surface area (Å²) in [6, 6.07) is 4.69. The molecule has 1 N–H and O–H groups in total. The lowest BCUT2D eigenvalue weighted by atomic mass is 10.1. The van der Waals surface area contributed by atoms with Gasteiger partial charge in [0.1, 0.15) is 5.60 Å². The number of carboxylic acids is 1. The fraction of sp³-hybridized carbons (Fsp3) is 0.500. The van der Waals surface area contributed by atoms with Crippen LogP contribution in [-0.2, 0) is 0 Å². The van der Waals surface area contributed by atoms with E-state index in [2.05, 4.69) is 6.92 Å². The molecule has 1 fully saturated rings. The molecule has 0 unspecified atom stereocenters. The van der Waals surface area contributed by atoms with E-state index in [9.17, 15) is 4.79 Å². The Labute approximate surface area is 107 Å². The Balaban J connectivity index is 2.29. The minimum atomic E-state index is -0.959. The van der Waals surface area contributed by atoms with Gasteiger partial charge in [0.15, 0.2) is 11.5 Å². The van der Waals surface area contributed by atoms with Crippen molar-refractivity contribution in [3.05, 3.63) is 23.8 Å². The molecule has 0 radical (unpaired) electrons. The van der Waals surface area contributed by atoms with E-state index >= 15 is 0 Å². The fourth-order valence-corrected chi connectivity index (χ4v) is 2.38. The molecule has 0 bridgehead atoms. The molecule has 4 heteroatoms. The lowest BCUT2D eigenvalue weighted by Crippen LogP contribution is -2.28. The molecule has 1 aromatic carbocycles. The quantitative estimate of drug-likeness (QED) is 0.892. The van der Waals surface area contributed by atoms with Crippen LogP contribution in [0, 0.1) is 0 Å². The van der Waals surface area contributed by atoms with Crippen LogP contribution in [0.1, 0.15) is 43.0 Å². The molecule has 18 heavy (non-hydrogen) atoms. The summed E-state index contributed by atoms with van der Waals surface area (Å²) in [5.74, 6) is 0.133. The predicted octanol–water partition coefficient (Wildman–Crippen LogP) is 3.10. The standard InChI is InChI=1S/C14H18O4/c1-14(7-3-4-8-14)18-12-9-10(13(15)16)5-6-11(12)17-2/h5-6,9H,3-4,7-8H2,1-2H3,(H,15,16). The molecule has 0 heterocycles. The number of benzene rings is 1. The summed E-state index contributed by atoms with van der Waals surface area (Å²) in [6.45, 7) is 2.06. The van der Waals surface area contributed by atoms with Crippen LogP contribution in [0.5, 0.6) is 11.5 Å². The molecule has 0 saturated heterocycles. The summed E-state index contributed by atoms with van der Waals surface area (Å²) >= 11 is 0. The maximum absolute atomic E-state index is 11.0. The summed E-state index contributed by atoms with van der Waals surface area (Å²) < 4.78 is 11.2. The van der Waals surface area contributed by atoms with Gasteiger partial charge in [-0.2, -0.15) is 0 Å². The molecule has 1 saturated carbocycles. The van der Waals surface area contributed by atoms with E-state index in [1.54, 1.807) is 13.2 Å². The normalized spacial score (nSPS) is 17.4. The first-order chi connectivity index (χ1) is 8.54. The predicted molar refractivity (Wildman–Crippen MR) is 67.5 cm³/mol. The van der Waals surface area contributed by atoms with E-state index in [1.807, 2.05) is 0 Å². The highest BCUT2D eigenvalue weighted by molar-refractivity contribution is 5.88. The number of hydrogen-bond acceptors (Lipinski definition) is 3. The van der Waals surface area contributed by atoms with Gasteiger partial charge in [0.2, 0.25) is 0 Å². The Morgan fingerprint density at radius 2 is 1.94 bits per heavy atom. The SMILES string of the molecule is COc1ccc(C(=O)O)cc1OC1(C)CCCC1. The van der Waals surface area contributed by atoms with Crippen molar-refractivity contribution in [3.63, 3.8) is 0 Å². The highest BCUT2D eigenvalue weighted by atomic mass is 16.5. The molecule has 1 aromatic rings. The zero-order chi connectivity index (χ0) is 13.2. The molecule has 0 amide bonds. The molecule has 0 aliphatic heterocycles. The first-order valence-electron chi connectivity index (χ1n) is 6.14. The highest BCUT2D eigenvalue weighted by Gasteiger charge is 2.31. The third-order valence-corrected chi connectivity index (χ3v) is 3.43. The van der Waals surface area contributed by atoms with Crippen molar-refractivity contribution in [2.75, 3.05) is 7.11 Å². The first-order valence-corrected chi connectivity index (χ1v) is 6.14. The zero-order valence-electron chi connectivity index (χ0n) is 10.7. The second-order valence-corrected chi connectivity index (χ2v) is 4.93. The first kappa shape index (κ1) is 12.7. The Kier molecular flexibility index (Phi) is 3.45. The summed E-state index contributed by atoms with van der Waals surface area (Å²) in [5.41, 5.74) is 0.0112. The van der Waals surface area contributed by atoms with Gasteiger partial charge in [0.05, 0.1) is 12.7 Å². The number of methoxy groups -OCH3 is 1. The topological polar surface area (TPSA) is 55.8 Å². The van der Waals surface area contributed by atoms with Crippen LogP contribution in [0.3, 0.4) is 0 Å². The lowest BCUT2D eigenvalue weighted by molar-refractivity contribution is 0.0691. The van der Waals surface area contributed by atoms with Crippen LogP contribution in [0.4, 0.5) is 0 Å². The Morgan fingerprint density at radius 3 is 2.50 bits per heavy atom. The van der Waals surface area contributed by atoms with Gasteiger partial charge in [-0.1, -0.05) is 0 Å². The van der Waals surface area contributed by atoms with Gasteiger partial charge in [-0.3, -0.25) is 0 Å². The van der Waals surface area contributed by atoms with Gasteiger partial charge in [-0.25, -0.2) is 4.79 Å². The molecule has 0 spiro atoms. The highest BCUT2D eigenvalue weighted by Crippen LogP contribution is 2.38. The van der Waals surface area contributed by atoms with Crippen molar-refractivity contribution in [2.24, 2.45) is 0 Å². The minimum absolute atomic E-state index is 0.204. The zero-order valence-corrected chi connectivity index (χ0v) is 10.7. The number of carbonyl (C=O) groups is 1. The Hall–Kier alpha value is -1.71. The molecule has 1 aliphatic rings. The average Bonchev–Trinajstić information content (AvgIpc) is 2.75. The van der Waals surface area contributed by atoms with Gasteiger partial charge in [-0.15, -0.1) is 0 Å². The number of carboxylic acid groups (broad SMARTS) is 1. The van der Waals surface area contributed by atoms with Crippen LogP contribution in [0.25, 0.3) is 0 Å². The van der Waals surface area contributed by atoms with Gasteiger partial charge in [0.25, 0.3) is 0 Å². The van der Waals surface area contributed by atoms with Crippen LogP contribution >= 0.6 is 0 Å². The van der Waals surface area contributed by atoms with Gasteiger partial charge >= 0.3 is 5.97 Å². The molecular weight excluding hydrogens is 232 g/mol. The molecule has 2 rings (SSSR count). The summed E-state index contributed by atoms with van der Waals surface area (Å²) in [6.07, 6.45) is 4.29. The maximum Gasteiger partial charge on any atom is 0.335 e. The number of ether oxygens (including phenoxy) is 2. The van der Waals surface area contributed by atoms with E-state index in [0.29, 0.717) is 11.5 Å². The van der Waals surface area contributed by atoms with Gasteiger partial charge < -0.3 is 14.6 Å². The third kappa shape index (κ3) is 2.58. The average molecular weight is 250 g/mol. The van der Waals surface area contributed by atoms with E-state index in [-0.39, 0.29) is 11.2 Å². The smallest absolute Gasteiger partial charge is 0.335 e. The lowest BCUT2D eigenvalue weighted by Gasteiger charge is -2.26. The van der Waals surface area contributed by atoms with Crippen molar-refractivity contribution < 1.29 is 19.4 Å². The molecular formula is C14H18O4. The van der Waals surface area contributed by atoms with E-state index in [0.717, 1.165) is 25.7 Å². The van der Waals surface area contributed by atoms with Crippen molar-refractivity contribution in [1.82, 2.24) is 0 Å². The summed E-state index contributed by atoms with van der Waals surface area (Å²) in [7, 11) is 1.56. The van der Waals surface area contributed by atoms with Crippen LogP contribution in [0.15, 0.2) is 18.2 Å². The molecule has 1 aliphatic carbocycles. The van der Waals surface area contributed by atoms with Crippen LogP contribution in [0.2, 0.25) is 0 Å². The second kappa shape index (κ2) is 4.88. The molecule has 98 valence electrons. The summed E-state index contributed by atoms with van der Waals surface area (Å²) in [5, 5.41) is 9.00. The van der Waals surface area contributed by atoms with Crippen molar-refractivity contribution in [1.29, 1.82) is 0 Å². The Bertz CT molecular complexity index is 447. The Morgan fingerprint density at radius 1 is 1.28 bits per heavy atom. The summed E-state index contributed by atoms with van der Waals surface area (Å²) in [4.78, 5) is 11.0. The third-order valence-electron chi connectivity index (χ3n) is 3.43. The maximum atomic E-state index is 11.0. The molecule has 0 aromatic heterocycles. The number of hydrogen-bond donors (Lipinski definition) is 1. The van der Waals surface area contributed by atoms with E-state index in [4.69, 9.17) is 14.6 Å². The van der Waals surface area contributed by atoms with Crippen LogP contribution in [-0.4, -0.2) is 23.8 Å². The molecule has 0 atom stereocenters. The van der Waals surface area contributed by atoms with E-state index in [1.165, 1.54) is 12.1 Å². The number of rotatable bonds is 4. The number of aromatic carboxylic acids is 1. The van der Waals surface area contributed by atoms with E-state index < -0.39 is 5.97 Å². The molecule has 4 nitrogen and oxygen atoms in total. The van der Waals surface area contributed by atoms with Crippen molar-refractivity contribution in [2.45, 2.75) is 38.2 Å². The van der Waals surface area contributed by atoms with Gasteiger partial charge in [-0.05, 0) is 50.8 Å². The van der Waals surface area contributed by atoms with Crippen LogP contribution < -0.4 is 9.47 Å².